The van der Waals surface area contributed by atoms with Crippen molar-refractivity contribution in [3.63, 3.8) is 0 Å². The lowest BCUT2D eigenvalue weighted by Gasteiger charge is -2.25. The molecule has 11 heteroatoms. The predicted molar refractivity (Wildman–Crippen MR) is 163 cm³/mol. The van der Waals surface area contributed by atoms with E-state index in [2.05, 4.69) is 5.32 Å². The van der Waals surface area contributed by atoms with Crippen LogP contribution in [0.15, 0.2) is 97.1 Å². The number of ether oxygens (including phenoxy) is 1. The number of rotatable bonds is 11. The summed E-state index contributed by atoms with van der Waals surface area (Å²) in [4.78, 5) is 50.4. The molecule has 46 heavy (non-hydrogen) atoms. The molecule has 0 aromatic heterocycles. The molecule has 0 radical (unpaired) electrons. The highest BCUT2D eigenvalue weighted by Crippen LogP contribution is 2.33. The van der Waals surface area contributed by atoms with E-state index in [4.69, 9.17) is 4.74 Å². The fraction of sp³-hybridized carbons (Fsp3) is 0.200. The zero-order valence-electron chi connectivity index (χ0n) is 24.8. The van der Waals surface area contributed by atoms with Crippen molar-refractivity contribution in [2.45, 2.75) is 37.8 Å². The Morgan fingerprint density at radius 2 is 1.39 bits per heavy atom. The summed E-state index contributed by atoms with van der Waals surface area (Å²) < 4.78 is 44.3. The van der Waals surface area contributed by atoms with Gasteiger partial charge >= 0.3 is 24.1 Å². The number of hydrogen-bond acceptors (Lipinski definition) is 5. The minimum absolute atomic E-state index is 0.0510. The van der Waals surface area contributed by atoms with Crippen LogP contribution in [0, 0.1) is 0 Å². The molecule has 0 saturated heterocycles. The quantitative estimate of drug-likeness (QED) is 0.121. The molecule has 4 aromatic rings. The summed E-state index contributed by atoms with van der Waals surface area (Å²) in [5.41, 5.74) is -0.652. The fourth-order valence-corrected chi connectivity index (χ4v) is 4.95. The van der Waals surface area contributed by atoms with E-state index in [0.29, 0.717) is 27.9 Å². The van der Waals surface area contributed by atoms with Gasteiger partial charge in [0.2, 0.25) is 5.41 Å². The Labute approximate surface area is 262 Å². The van der Waals surface area contributed by atoms with Gasteiger partial charge < -0.3 is 20.3 Å². The molecular formula is C35H30F3NO7. The third-order valence-corrected chi connectivity index (χ3v) is 7.48. The molecule has 0 aliphatic carbocycles. The van der Waals surface area contributed by atoms with Gasteiger partial charge in [-0.25, -0.2) is 0 Å². The number of aliphatic carboxylic acids is 2. The Morgan fingerprint density at radius 1 is 0.783 bits per heavy atom. The maximum absolute atomic E-state index is 13.4. The van der Waals surface area contributed by atoms with Crippen molar-refractivity contribution in [1.29, 1.82) is 0 Å². The lowest BCUT2D eigenvalue weighted by atomic mass is 9.81. The lowest BCUT2D eigenvalue weighted by molar-refractivity contribution is -0.164. The van der Waals surface area contributed by atoms with Crippen LogP contribution in [0.5, 0.6) is 0 Å². The van der Waals surface area contributed by atoms with Crippen molar-refractivity contribution < 1.29 is 47.3 Å². The van der Waals surface area contributed by atoms with Gasteiger partial charge in [-0.1, -0.05) is 86.6 Å². The van der Waals surface area contributed by atoms with E-state index < -0.39 is 47.6 Å². The average Bonchev–Trinajstić information content (AvgIpc) is 3.02. The van der Waals surface area contributed by atoms with Crippen LogP contribution < -0.4 is 5.32 Å². The largest absolute Gasteiger partial charge is 0.480 e. The molecule has 0 saturated carbocycles. The number of carboxylic acid groups (broad SMARTS) is 2. The number of alkyl halides is 3. The van der Waals surface area contributed by atoms with Gasteiger partial charge in [-0.15, -0.1) is 0 Å². The second-order valence-corrected chi connectivity index (χ2v) is 10.9. The summed E-state index contributed by atoms with van der Waals surface area (Å²) in [5, 5.41) is 22.5. The Bertz CT molecular complexity index is 1740. The summed E-state index contributed by atoms with van der Waals surface area (Å²) >= 11 is 0. The summed E-state index contributed by atoms with van der Waals surface area (Å²) in [6.45, 7) is 2.82. The van der Waals surface area contributed by atoms with Gasteiger partial charge in [0, 0.05) is 11.3 Å². The van der Waals surface area contributed by atoms with E-state index in [9.17, 15) is 42.6 Å². The van der Waals surface area contributed by atoms with Crippen LogP contribution in [0.4, 0.5) is 18.9 Å². The molecule has 1 amide bonds. The predicted octanol–water partition coefficient (Wildman–Crippen LogP) is 6.94. The second-order valence-electron chi connectivity index (χ2n) is 10.9. The highest BCUT2D eigenvalue weighted by molar-refractivity contribution is 6.09. The van der Waals surface area contributed by atoms with Gasteiger partial charge in [0.15, 0.2) is 0 Å². The minimum Gasteiger partial charge on any atom is -0.480 e. The van der Waals surface area contributed by atoms with Crippen LogP contribution in [-0.4, -0.2) is 40.6 Å². The smallest absolute Gasteiger partial charge is 0.416 e. The maximum atomic E-state index is 13.4. The number of carboxylic acids is 2. The summed E-state index contributed by atoms with van der Waals surface area (Å²) in [7, 11) is 0. The Kier molecular flexibility index (Phi) is 9.94. The molecule has 8 nitrogen and oxygen atoms in total. The molecule has 0 spiro atoms. The monoisotopic (exact) mass is 633 g/mol. The third-order valence-electron chi connectivity index (χ3n) is 7.48. The lowest BCUT2D eigenvalue weighted by Crippen LogP contribution is -2.48. The van der Waals surface area contributed by atoms with E-state index in [-0.39, 0.29) is 23.5 Å². The molecule has 0 heterocycles. The van der Waals surface area contributed by atoms with E-state index in [1.807, 2.05) is 13.8 Å². The first-order chi connectivity index (χ1) is 21.7. The minimum atomic E-state index is -4.49. The van der Waals surface area contributed by atoms with Crippen molar-refractivity contribution in [2.24, 2.45) is 0 Å². The van der Waals surface area contributed by atoms with Crippen LogP contribution >= 0.6 is 0 Å². The first-order valence-corrected chi connectivity index (χ1v) is 14.1. The van der Waals surface area contributed by atoms with Crippen molar-refractivity contribution in [3.05, 3.63) is 125 Å². The number of hydrogen-bond donors (Lipinski definition) is 3. The number of halogens is 3. The van der Waals surface area contributed by atoms with Crippen molar-refractivity contribution in [3.8, 4) is 11.1 Å². The van der Waals surface area contributed by atoms with Crippen LogP contribution in [-0.2, 0) is 37.1 Å². The van der Waals surface area contributed by atoms with Crippen molar-refractivity contribution >= 4 is 29.5 Å². The average molecular weight is 634 g/mol. The highest BCUT2D eigenvalue weighted by atomic mass is 19.4. The highest BCUT2D eigenvalue weighted by Gasteiger charge is 2.50. The molecule has 4 aromatic carbocycles. The molecule has 0 atom stereocenters. The van der Waals surface area contributed by atoms with Crippen molar-refractivity contribution in [1.82, 2.24) is 0 Å². The standard InChI is InChI=1S/C35H30F3NO7/c1-21(2)28-18-22(19-30(40)46-20-34(32(42)43,33(44)45)24-8-4-3-5-9-24)12-17-29(28)39-31(41)27-11-7-6-10-26(27)23-13-15-25(16-14-23)35(36,37)38/h3-18,21H,19-20H2,1-2H3,(H,39,41)(H,42,43)(H,44,45). The first-order valence-electron chi connectivity index (χ1n) is 14.1. The van der Waals surface area contributed by atoms with Gasteiger partial charge in [-0.05, 0) is 58.0 Å². The van der Waals surface area contributed by atoms with Gasteiger partial charge in [0.05, 0.1) is 12.0 Å². The van der Waals surface area contributed by atoms with Gasteiger partial charge in [-0.3, -0.25) is 19.2 Å². The number of carbonyl (C=O) groups is 4. The Balaban J connectivity index is 1.52. The van der Waals surface area contributed by atoms with Crippen LogP contribution in [0.1, 0.15) is 52.4 Å². The summed E-state index contributed by atoms with van der Waals surface area (Å²) in [6.07, 6.45) is -4.79. The van der Waals surface area contributed by atoms with E-state index in [0.717, 1.165) is 12.1 Å². The van der Waals surface area contributed by atoms with E-state index >= 15 is 0 Å². The second kappa shape index (κ2) is 13.7. The van der Waals surface area contributed by atoms with Crippen molar-refractivity contribution in [2.75, 3.05) is 11.9 Å². The number of carbonyl (C=O) groups excluding carboxylic acids is 2. The molecule has 0 fully saturated rings. The molecule has 238 valence electrons. The fourth-order valence-electron chi connectivity index (χ4n) is 4.95. The van der Waals surface area contributed by atoms with Crippen LogP contribution in [0.25, 0.3) is 11.1 Å². The maximum Gasteiger partial charge on any atom is 0.416 e. The topological polar surface area (TPSA) is 130 Å². The van der Waals surface area contributed by atoms with Gasteiger partial charge in [0.25, 0.3) is 5.91 Å². The summed E-state index contributed by atoms with van der Waals surface area (Å²) in [6, 6.07) is 23.1. The normalized spacial score (nSPS) is 11.6. The van der Waals surface area contributed by atoms with Gasteiger partial charge in [-0.2, -0.15) is 13.2 Å². The van der Waals surface area contributed by atoms with Gasteiger partial charge in [0.1, 0.15) is 6.61 Å². The van der Waals surface area contributed by atoms with Crippen LogP contribution in [0.2, 0.25) is 0 Å². The van der Waals surface area contributed by atoms with Crippen LogP contribution in [0.3, 0.4) is 0 Å². The number of benzene rings is 4. The SMILES string of the molecule is CC(C)c1cc(CC(=O)OCC(C(=O)O)(C(=O)O)c2ccccc2)ccc1NC(=O)c1ccccc1-c1ccc(C(F)(F)F)cc1. The van der Waals surface area contributed by atoms with E-state index in [1.54, 1.807) is 48.5 Å². The Morgan fingerprint density at radius 3 is 1.98 bits per heavy atom. The van der Waals surface area contributed by atoms with E-state index in [1.165, 1.54) is 36.4 Å². The Hall–Kier alpha value is -5.45. The number of esters is 1. The zero-order chi connectivity index (χ0) is 33.6. The number of amides is 1. The zero-order valence-corrected chi connectivity index (χ0v) is 24.8. The molecule has 0 unspecified atom stereocenters. The number of anilines is 1. The molecule has 3 N–H and O–H groups in total. The molecular weight excluding hydrogens is 603 g/mol. The summed E-state index contributed by atoms with van der Waals surface area (Å²) in [5.74, 6) is -4.83. The molecule has 0 aliphatic rings. The number of nitrogens with one attached hydrogen (secondary N) is 1. The first kappa shape index (κ1) is 33.4. The molecule has 0 aliphatic heterocycles. The molecule has 4 rings (SSSR count). The third kappa shape index (κ3) is 7.26. The molecule has 0 bridgehead atoms.